The molecule has 2 rings (SSSR count). The van der Waals surface area contributed by atoms with Gasteiger partial charge in [0.15, 0.2) is 0 Å². The predicted octanol–water partition coefficient (Wildman–Crippen LogP) is 2.25. The molecule has 2 amide bonds. The Morgan fingerprint density at radius 3 is 2.42 bits per heavy atom. The first-order chi connectivity index (χ1) is 11.1. The third-order valence-electron chi connectivity index (χ3n) is 3.71. The fourth-order valence-corrected chi connectivity index (χ4v) is 3.33. The van der Waals surface area contributed by atoms with E-state index in [1.807, 2.05) is 0 Å². The van der Waals surface area contributed by atoms with Crippen molar-refractivity contribution in [3.05, 3.63) is 29.8 Å². The summed E-state index contributed by atoms with van der Waals surface area (Å²) in [5.74, 6) is 0. The Balaban J connectivity index is 1.89. The highest BCUT2D eigenvalue weighted by atomic mass is 32.2. The SMILES string of the molecule is CS(=O)(=O)N1CCC(NC(=O)Nc2cccc(C(F)(F)F)c2)CC1. The van der Waals surface area contributed by atoms with Gasteiger partial charge in [0.05, 0.1) is 11.8 Å². The smallest absolute Gasteiger partial charge is 0.335 e. The minimum absolute atomic E-state index is 0.0379. The minimum atomic E-state index is -4.48. The Bertz CT molecular complexity index is 699. The molecule has 1 aromatic carbocycles. The average Bonchev–Trinajstić information content (AvgIpc) is 2.46. The van der Waals surface area contributed by atoms with Gasteiger partial charge in [0.1, 0.15) is 0 Å². The highest BCUT2D eigenvalue weighted by molar-refractivity contribution is 7.88. The Morgan fingerprint density at radius 2 is 1.88 bits per heavy atom. The zero-order chi connectivity index (χ0) is 18.0. The zero-order valence-electron chi connectivity index (χ0n) is 12.9. The molecule has 6 nitrogen and oxygen atoms in total. The van der Waals surface area contributed by atoms with Gasteiger partial charge in [-0.05, 0) is 31.0 Å². The average molecular weight is 365 g/mol. The van der Waals surface area contributed by atoms with E-state index in [1.54, 1.807) is 0 Å². The highest BCUT2D eigenvalue weighted by Gasteiger charge is 2.30. The number of piperidine rings is 1. The second kappa shape index (κ2) is 6.98. The van der Waals surface area contributed by atoms with E-state index in [0.29, 0.717) is 25.9 Å². The summed E-state index contributed by atoms with van der Waals surface area (Å²) >= 11 is 0. The molecule has 24 heavy (non-hydrogen) atoms. The molecule has 10 heteroatoms. The van der Waals surface area contributed by atoms with E-state index in [4.69, 9.17) is 0 Å². The standard InChI is InChI=1S/C14H18F3N3O3S/c1-24(22,23)20-7-5-11(6-8-20)18-13(21)19-12-4-2-3-10(9-12)14(15,16)17/h2-4,9,11H,5-8H2,1H3,(H2,18,19,21). The van der Waals surface area contributed by atoms with Crippen LogP contribution in [0.5, 0.6) is 0 Å². The molecule has 0 aromatic heterocycles. The number of hydrogen-bond donors (Lipinski definition) is 2. The van der Waals surface area contributed by atoms with E-state index in [1.165, 1.54) is 16.4 Å². The van der Waals surface area contributed by atoms with Crippen molar-refractivity contribution in [2.45, 2.75) is 25.1 Å². The van der Waals surface area contributed by atoms with E-state index in [-0.39, 0.29) is 11.7 Å². The highest BCUT2D eigenvalue weighted by Crippen LogP contribution is 2.30. The number of anilines is 1. The van der Waals surface area contributed by atoms with Crippen LogP contribution in [0, 0.1) is 0 Å². The van der Waals surface area contributed by atoms with Crippen LogP contribution >= 0.6 is 0 Å². The maximum atomic E-state index is 12.6. The summed E-state index contributed by atoms with van der Waals surface area (Å²) in [7, 11) is -3.25. The number of nitrogens with one attached hydrogen (secondary N) is 2. The molecule has 1 saturated heterocycles. The first-order valence-corrected chi connectivity index (χ1v) is 9.10. The molecule has 1 aliphatic rings. The van der Waals surface area contributed by atoms with E-state index < -0.39 is 27.8 Å². The van der Waals surface area contributed by atoms with Crippen LogP contribution < -0.4 is 10.6 Å². The van der Waals surface area contributed by atoms with Crippen LogP contribution in [0.1, 0.15) is 18.4 Å². The van der Waals surface area contributed by atoms with Crippen LogP contribution in [-0.4, -0.2) is 44.1 Å². The summed E-state index contributed by atoms with van der Waals surface area (Å²) in [6, 6.07) is 3.50. The molecule has 0 saturated carbocycles. The number of alkyl halides is 3. The van der Waals surface area contributed by atoms with Crippen LogP contribution in [0.2, 0.25) is 0 Å². The van der Waals surface area contributed by atoms with Crippen molar-refractivity contribution >= 4 is 21.7 Å². The van der Waals surface area contributed by atoms with Gasteiger partial charge < -0.3 is 10.6 Å². The van der Waals surface area contributed by atoms with Crippen LogP contribution in [0.3, 0.4) is 0 Å². The lowest BCUT2D eigenvalue weighted by Crippen LogP contribution is -2.47. The van der Waals surface area contributed by atoms with Gasteiger partial charge in [-0.25, -0.2) is 17.5 Å². The van der Waals surface area contributed by atoms with Gasteiger partial charge in [-0.1, -0.05) is 6.07 Å². The fourth-order valence-electron chi connectivity index (χ4n) is 2.46. The number of halogens is 3. The molecule has 1 heterocycles. The number of sulfonamides is 1. The third-order valence-corrected chi connectivity index (χ3v) is 5.01. The van der Waals surface area contributed by atoms with Gasteiger partial charge in [0.25, 0.3) is 0 Å². The maximum Gasteiger partial charge on any atom is 0.416 e. The number of urea groups is 1. The minimum Gasteiger partial charge on any atom is -0.335 e. The quantitative estimate of drug-likeness (QED) is 0.862. The van der Waals surface area contributed by atoms with Gasteiger partial charge in [-0.3, -0.25) is 0 Å². The van der Waals surface area contributed by atoms with Gasteiger partial charge in [-0.2, -0.15) is 13.2 Å². The van der Waals surface area contributed by atoms with Crippen molar-refractivity contribution in [2.24, 2.45) is 0 Å². The molecule has 0 atom stereocenters. The lowest BCUT2D eigenvalue weighted by molar-refractivity contribution is -0.137. The summed E-state index contributed by atoms with van der Waals surface area (Å²) in [6.45, 7) is 0.598. The second-order valence-electron chi connectivity index (χ2n) is 5.61. The summed E-state index contributed by atoms with van der Waals surface area (Å²) < 4.78 is 62.0. The Kier molecular flexibility index (Phi) is 5.38. The van der Waals surface area contributed by atoms with Crippen LogP contribution in [-0.2, 0) is 16.2 Å². The van der Waals surface area contributed by atoms with Gasteiger partial charge in [0, 0.05) is 24.8 Å². The molecule has 134 valence electrons. The molecule has 0 unspecified atom stereocenters. The maximum absolute atomic E-state index is 12.6. The summed E-state index contributed by atoms with van der Waals surface area (Å²) in [5.41, 5.74) is -0.808. The van der Waals surface area contributed by atoms with Gasteiger partial charge in [-0.15, -0.1) is 0 Å². The molecule has 0 bridgehead atoms. The first kappa shape index (κ1) is 18.5. The Morgan fingerprint density at radius 1 is 1.25 bits per heavy atom. The van der Waals surface area contributed by atoms with Crippen molar-refractivity contribution < 1.29 is 26.4 Å². The van der Waals surface area contributed by atoms with Gasteiger partial charge in [0.2, 0.25) is 10.0 Å². The summed E-state index contributed by atoms with van der Waals surface area (Å²) in [6.07, 6.45) is -2.46. The number of amides is 2. The molecular formula is C14H18F3N3O3S. The number of rotatable bonds is 3. The van der Waals surface area contributed by atoms with Crippen molar-refractivity contribution in [2.75, 3.05) is 24.7 Å². The molecule has 0 spiro atoms. The van der Waals surface area contributed by atoms with Crippen molar-refractivity contribution in [1.29, 1.82) is 0 Å². The molecule has 1 fully saturated rings. The molecule has 0 aliphatic carbocycles. The van der Waals surface area contributed by atoms with Crippen LogP contribution in [0.25, 0.3) is 0 Å². The first-order valence-electron chi connectivity index (χ1n) is 7.25. The lowest BCUT2D eigenvalue weighted by Gasteiger charge is -2.30. The lowest BCUT2D eigenvalue weighted by atomic mass is 10.1. The van der Waals surface area contributed by atoms with Crippen molar-refractivity contribution in [3.63, 3.8) is 0 Å². The van der Waals surface area contributed by atoms with Crippen LogP contribution in [0.4, 0.5) is 23.7 Å². The zero-order valence-corrected chi connectivity index (χ0v) is 13.7. The largest absolute Gasteiger partial charge is 0.416 e. The van der Waals surface area contributed by atoms with Crippen molar-refractivity contribution in [3.8, 4) is 0 Å². The third kappa shape index (κ3) is 5.10. The van der Waals surface area contributed by atoms with E-state index >= 15 is 0 Å². The predicted molar refractivity (Wildman–Crippen MR) is 83.0 cm³/mol. The Hall–Kier alpha value is -1.81. The molecule has 0 radical (unpaired) electrons. The van der Waals surface area contributed by atoms with Crippen LogP contribution in [0.15, 0.2) is 24.3 Å². The second-order valence-corrected chi connectivity index (χ2v) is 7.60. The molecular weight excluding hydrogens is 347 g/mol. The molecule has 1 aromatic rings. The monoisotopic (exact) mass is 365 g/mol. The van der Waals surface area contributed by atoms with Gasteiger partial charge >= 0.3 is 12.2 Å². The van der Waals surface area contributed by atoms with E-state index in [2.05, 4.69) is 10.6 Å². The van der Waals surface area contributed by atoms with E-state index in [0.717, 1.165) is 18.4 Å². The summed E-state index contributed by atoms with van der Waals surface area (Å²) in [4.78, 5) is 11.9. The normalized spacial score (nSPS) is 17.5. The number of nitrogens with zero attached hydrogens (tertiary/aromatic N) is 1. The number of carbonyl (C=O) groups excluding carboxylic acids is 1. The van der Waals surface area contributed by atoms with Crippen molar-refractivity contribution in [1.82, 2.24) is 9.62 Å². The van der Waals surface area contributed by atoms with E-state index in [9.17, 15) is 26.4 Å². The molecule has 1 aliphatic heterocycles. The Labute approximate surface area is 138 Å². The molecule has 2 N–H and O–H groups in total. The summed E-state index contributed by atoms with van der Waals surface area (Å²) in [5, 5.41) is 5.01. The number of hydrogen-bond acceptors (Lipinski definition) is 3. The topological polar surface area (TPSA) is 78.5 Å². The fraction of sp³-hybridized carbons (Fsp3) is 0.500. The number of carbonyl (C=O) groups is 1. The number of benzene rings is 1.